The Balaban J connectivity index is 2.04. The van der Waals surface area contributed by atoms with Crippen molar-refractivity contribution in [3.05, 3.63) is 29.8 Å². The molecule has 0 aromatic heterocycles. The van der Waals surface area contributed by atoms with Crippen molar-refractivity contribution in [3.63, 3.8) is 0 Å². The maximum Gasteiger partial charge on any atom is 0.254 e. The summed E-state index contributed by atoms with van der Waals surface area (Å²) >= 11 is 0. The minimum atomic E-state index is -0.0631. The number of hydrogen-bond acceptors (Lipinski definition) is 4. The number of rotatable bonds is 6. The van der Waals surface area contributed by atoms with E-state index in [0.717, 1.165) is 19.3 Å². The lowest BCUT2D eigenvalue weighted by atomic mass is 10.0. The molecule has 2 rings (SSSR count). The summed E-state index contributed by atoms with van der Waals surface area (Å²) in [7, 11) is 1.58. The SMILES string of the molecule is COc1cccc(C(=O)N2CCCCC2CNC(=O)CCN)c1. The van der Waals surface area contributed by atoms with Crippen LogP contribution in [0.5, 0.6) is 5.75 Å². The van der Waals surface area contributed by atoms with Gasteiger partial charge in [-0.15, -0.1) is 0 Å². The predicted molar refractivity (Wildman–Crippen MR) is 88.4 cm³/mol. The van der Waals surface area contributed by atoms with Crippen LogP contribution in [-0.2, 0) is 4.79 Å². The van der Waals surface area contributed by atoms with Gasteiger partial charge in [0.05, 0.1) is 7.11 Å². The topological polar surface area (TPSA) is 84.7 Å². The first-order valence-corrected chi connectivity index (χ1v) is 8.07. The Kier molecular flexibility index (Phi) is 6.40. The fourth-order valence-corrected chi connectivity index (χ4v) is 2.85. The standard InChI is InChI=1S/C17H25N3O3/c1-23-15-7-4-5-13(11-15)17(22)20-10-3-2-6-14(20)12-19-16(21)8-9-18/h4-5,7,11,14H,2-3,6,8-10,12,18H2,1H3,(H,19,21). The van der Waals surface area contributed by atoms with Crippen molar-refractivity contribution in [2.75, 3.05) is 26.7 Å². The summed E-state index contributed by atoms with van der Waals surface area (Å²) in [6.45, 7) is 1.53. The number of likely N-dealkylation sites (tertiary alicyclic amines) is 1. The quantitative estimate of drug-likeness (QED) is 0.824. The molecule has 1 aliphatic heterocycles. The molecule has 1 heterocycles. The first-order valence-electron chi connectivity index (χ1n) is 8.07. The minimum absolute atomic E-state index is 0.0123. The minimum Gasteiger partial charge on any atom is -0.497 e. The van der Waals surface area contributed by atoms with E-state index in [4.69, 9.17) is 10.5 Å². The molecule has 1 saturated heterocycles. The second-order valence-electron chi connectivity index (χ2n) is 5.72. The van der Waals surface area contributed by atoms with Crippen LogP contribution in [-0.4, -0.2) is 49.5 Å². The molecular weight excluding hydrogens is 294 g/mol. The van der Waals surface area contributed by atoms with Gasteiger partial charge >= 0.3 is 0 Å². The molecule has 0 bridgehead atoms. The van der Waals surface area contributed by atoms with E-state index >= 15 is 0 Å². The van der Waals surface area contributed by atoms with Crippen LogP contribution in [0.2, 0.25) is 0 Å². The van der Waals surface area contributed by atoms with Gasteiger partial charge in [-0.3, -0.25) is 9.59 Å². The number of nitrogens with zero attached hydrogens (tertiary/aromatic N) is 1. The van der Waals surface area contributed by atoms with Gasteiger partial charge in [0.1, 0.15) is 5.75 Å². The Morgan fingerprint density at radius 2 is 2.22 bits per heavy atom. The second-order valence-corrected chi connectivity index (χ2v) is 5.72. The van der Waals surface area contributed by atoms with Crippen LogP contribution in [0.3, 0.4) is 0 Å². The molecule has 126 valence electrons. The van der Waals surface area contributed by atoms with E-state index in [0.29, 0.717) is 37.4 Å². The number of carbonyl (C=O) groups excluding carboxylic acids is 2. The summed E-state index contributed by atoms with van der Waals surface area (Å²) in [5.74, 6) is 0.592. The lowest BCUT2D eigenvalue weighted by Crippen LogP contribution is -2.49. The third-order valence-corrected chi connectivity index (χ3v) is 4.11. The Hall–Kier alpha value is -2.08. The van der Waals surface area contributed by atoms with Gasteiger partial charge in [-0.25, -0.2) is 0 Å². The van der Waals surface area contributed by atoms with E-state index in [2.05, 4.69) is 5.32 Å². The van der Waals surface area contributed by atoms with E-state index < -0.39 is 0 Å². The van der Waals surface area contributed by atoms with Gasteiger partial charge in [-0.05, 0) is 37.5 Å². The molecule has 6 heteroatoms. The lowest BCUT2D eigenvalue weighted by Gasteiger charge is -2.36. The lowest BCUT2D eigenvalue weighted by molar-refractivity contribution is -0.121. The zero-order valence-electron chi connectivity index (χ0n) is 13.6. The molecule has 1 fully saturated rings. The van der Waals surface area contributed by atoms with Crippen LogP contribution in [0.15, 0.2) is 24.3 Å². The van der Waals surface area contributed by atoms with Crippen molar-refractivity contribution < 1.29 is 14.3 Å². The normalized spacial score (nSPS) is 17.7. The fourth-order valence-electron chi connectivity index (χ4n) is 2.85. The van der Waals surface area contributed by atoms with Crippen LogP contribution in [0.1, 0.15) is 36.0 Å². The molecule has 3 N–H and O–H groups in total. The first kappa shape index (κ1) is 17.3. The molecule has 23 heavy (non-hydrogen) atoms. The third kappa shape index (κ3) is 4.69. The van der Waals surface area contributed by atoms with Gasteiger partial charge < -0.3 is 20.7 Å². The van der Waals surface area contributed by atoms with Crippen molar-refractivity contribution in [3.8, 4) is 5.75 Å². The average molecular weight is 319 g/mol. The molecule has 0 radical (unpaired) electrons. The number of amides is 2. The second kappa shape index (κ2) is 8.53. The maximum absolute atomic E-state index is 12.8. The Morgan fingerprint density at radius 1 is 1.39 bits per heavy atom. The van der Waals surface area contributed by atoms with Crippen LogP contribution in [0.25, 0.3) is 0 Å². The monoisotopic (exact) mass is 319 g/mol. The van der Waals surface area contributed by atoms with Crippen LogP contribution < -0.4 is 15.8 Å². The summed E-state index contributed by atoms with van der Waals surface area (Å²) in [4.78, 5) is 26.3. The van der Waals surface area contributed by atoms with E-state index in [1.165, 1.54) is 0 Å². The molecule has 0 spiro atoms. The number of hydrogen-bond donors (Lipinski definition) is 2. The van der Waals surface area contributed by atoms with Gasteiger partial charge in [0.25, 0.3) is 5.91 Å². The molecule has 1 unspecified atom stereocenters. The van der Waals surface area contributed by atoms with Gasteiger partial charge in [0.15, 0.2) is 0 Å². The highest BCUT2D eigenvalue weighted by Crippen LogP contribution is 2.21. The number of piperidine rings is 1. The van der Waals surface area contributed by atoms with Crippen LogP contribution >= 0.6 is 0 Å². The molecule has 1 aliphatic rings. The highest BCUT2D eigenvalue weighted by molar-refractivity contribution is 5.95. The van der Waals surface area contributed by atoms with Crippen LogP contribution in [0, 0.1) is 0 Å². The zero-order chi connectivity index (χ0) is 16.7. The predicted octanol–water partition coefficient (Wildman–Crippen LogP) is 1.15. The number of nitrogens with two attached hydrogens (primary N) is 1. The number of benzene rings is 1. The Bertz CT molecular complexity index is 548. The van der Waals surface area contributed by atoms with Crippen LogP contribution in [0.4, 0.5) is 0 Å². The highest BCUT2D eigenvalue weighted by atomic mass is 16.5. The number of ether oxygens (including phenoxy) is 1. The average Bonchev–Trinajstić information content (AvgIpc) is 2.60. The number of carbonyl (C=O) groups is 2. The molecule has 0 aliphatic carbocycles. The molecule has 0 saturated carbocycles. The van der Waals surface area contributed by atoms with E-state index in [1.807, 2.05) is 17.0 Å². The van der Waals surface area contributed by atoms with E-state index in [9.17, 15) is 9.59 Å². The summed E-state index contributed by atoms with van der Waals surface area (Å²) in [6, 6.07) is 7.21. The summed E-state index contributed by atoms with van der Waals surface area (Å²) in [5, 5.41) is 2.87. The van der Waals surface area contributed by atoms with Gasteiger partial charge in [0, 0.05) is 37.7 Å². The number of methoxy groups -OCH3 is 1. The van der Waals surface area contributed by atoms with Crippen molar-refractivity contribution in [2.45, 2.75) is 31.7 Å². The molecule has 1 aromatic carbocycles. The molecular formula is C17H25N3O3. The molecule has 2 amide bonds. The first-order chi connectivity index (χ1) is 11.2. The molecule has 1 aromatic rings. The highest BCUT2D eigenvalue weighted by Gasteiger charge is 2.27. The Morgan fingerprint density at radius 3 is 2.96 bits per heavy atom. The Labute approximate surface area is 137 Å². The largest absolute Gasteiger partial charge is 0.497 e. The van der Waals surface area contributed by atoms with E-state index in [1.54, 1.807) is 19.2 Å². The van der Waals surface area contributed by atoms with Gasteiger partial charge in [0.2, 0.25) is 5.91 Å². The summed E-state index contributed by atoms with van der Waals surface area (Å²) in [6.07, 6.45) is 3.28. The fraction of sp³-hybridized carbons (Fsp3) is 0.529. The zero-order valence-corrected chi connectivity index (χ0v) is 13.6. The van der Waals surface area contributed by atoms with Crippen molar-refractivity contribution in [1.29, 1.82) is 0 Å². The number of nitrogens with one attached hydrogen (secondary N) is 1. The maximum atomic E-state index is 12.8. The molecule has 6 nitrogen and oxygen atoms in total. The summed E-state index contributed by atoms with van der Waals surface area (Å²) in [5.41, 5.74) is 6.00. The van der Waals surface area contributed by atoms with Crippen molar-refractivity contribution in [1.82, 2.24) is 10.2 Å². The van der Waals surface area contributed by atoms with Crippen molar-refractivity contribution >= 4 is 11.8 Å². The smallest absolute Gasteiger partial charge is 0.254 e. The van der Waals surface area contributed by atoms with E-state index in [-0.39, 0.29) is 17.9 Å². The molecule has 1 atom stereocenters. The van der Waals surface area contributed by atoms with Crippen molar-refractivity contribution in [2.24, 2.45) is 5.73 Å². The van der Waals surface area contributed by atoms with Gasteiger partial charge in [-0.1, -0.05) is 6.07 Å². The summed E-state index contributed by atoms with van der Waals surface area (Å²) < 4.78 is 5.19. The van der Waals surface area contributed by atoms with Gasteiger partial charge in [-0.2, -0.15) is 0 Å². The third-order valence-electron chi connectivity index (χ3n) is 4.11.